The molecule has 0 aromatic carbocycles. The normalized spacial score (nSPS) is 21.5. The Bertz CT molecular complexity index is 345. The van der Waals surface area contributed by atoms with E-state index in [1.165, 1.54) is 6.92 Å². The Morgan fingerprint density at radius 1 is 1.53 bits per heavy atom. The summed E-state index contributed by atoms with van der Waals surface area (Å²) in [7, 11) is -3.30. The highest BCUT2D eigenvalue weighted by Gasteiger charge is 2.34. The van der Waals surface area contributed by atoms with Crippen LogP contribution in [-0.4, -0.2) is 45.6 Å². The summed E-state index contributed by atoms with van der Waals surface area (Å²) >= 11 is 0. The van der Waals surface area contributed by atoms with Gasteiger partial charge in [0.1, 0.15) is 5.25 Å². The van der Waals surface area contributed by atoms with Crippen LogP contribution < -0.4 is 5.32 Å². The lowest BCUT2D eigenvalue weighted by molar-refractivity contribution is -0.126. The third-order valence-electron chi connectivity index (χ3n) is 2.60. The molecule has 88 valence electrons. The predicted molar refractivity (Wildman–Crippen MR) is 56.2 cm³/mol. The Morgan fingerprint density at radius 2 is 2.07 bits per heavy atom. The maximum Gasteiger partial charge on any atom is 0.238 e. The maximum absolute atomic E-state index is 11.4. The first-order chi connectivity index (χ1) is 6.75. The molecule has 0 spiro atoms. The molecule has 5 nitrogen and oxygen atoms in total. The fourth-order valence-corrected chi connectivity index (χ4v) is 1.66. The fraction of sp³-hybridized carbons (Fsp3) is 0.889. The van der Waals surface area contributed by atoms with Crippen LogP contribution in [0.5, 0.6) is 0 Å². The number of ether oxygens (including phenoxy) is 1. The average molecular weight is 235 g/mol. The van der Waals surface area contributed by atoms with Crippen LogP contribution in [0.15, 0.2) is 0 Å². The van der Waals surface area contributed by atoms with E-state index in [-0.39, 0.29) is 5.41 Å². The number of hydrogen-bond donors (Lipinski definition) is 1. The van der Waals surface area contributed by atoms with Gasteiger partial charge in [0, 0.05) is 18.2 Å². The van der Waals surface area contributed by atoms with Gasteiger partial charge in [0.05, 0.1) is 13.2 Å². The zero-order chi connectivity index (χ0) is 11.7. The van der Waals surface area contributed by atoms with Gasteiger partial charge in [0.15, 0.2) is 9.84 Å². The summed E-state index contributed by atoms with van der Waals surface area (Å²) in [6.07, 6.45) is 1.06. The number of carbonyl (C=O) groups excluding carboxylic acids is 1. The second-order valence-corrected chi connectivity index (χ2v) is 6.86. The van der Waals surface area contributed by atoms with E-state index in [0.717, 1.165) is 6.26 Å². The van der Waals surface area contributed by atoms with Gasteiger partial charge in [-0.2, -0.15) is 0 Å². The fourth-order valence-electron chi connectivity index (χ4n) is 1.19. The molecule has 0 saturated carbocycles. The number of nitrogens with one attached hydrogen (secondary N) is 1. The quantitative estimate of drug-likeness (QED) is 0.718. The van der Waals surface area contributed by atoms with E-state index in [1.54, 1.807) is 0 Å². The molecule has 1 rings (SSSR count). The van der Waals surface area contributed by atoms with Crippen molar-refractivity contribution in [3.05, 3.63) is 0 Å². The van der Waals surface area contributed by atoms with Crippen molar-refractivity contribution >= 4 is 15.7 Å². The predicted octanol–water partition coefficient (Wildman–Crippen LogP) is -0.428. The second-order valence-electron chi connectivity index (χ2n) is 4.49. The maximum atomic E-state index is 11.4. The molecule has 0 bridgehead atoms. The highest BCUT2D eigenvalue weighted by Crippen LogP contribution is 2.25. The second kappa shape index (κ2) is 4.09. The molecule has 1 aliphatic rings. The zero-order valence-corrected chi connectivity index (χ0v) is 10.1. The van der Waals surface area contributed by atoms with E-state index < -0.39 is 21.0 Å². The van der Waals surface area contributed by atoms with Crippen LogP contribution in [0, 0.1) is 5.41 Å². The van der Waals surface area contributed by atoms with Gasteiger partial charge in [0.2, 0.25) is 5.91 Å². The molecule has 1 aliphatic heterocycles. The minimum absolute atomic E-state index is 0.0348. The first kappa shape index (κ1) is 12.4. The first-order valence-corrected chi connectivity index (χ1v) is 6.74. The highest BCUT2D eigenvalue weighted by atomic mass is 32.2. The summed E-state index contributed by atoms with van der Waals surface area (Å²) in [6, 6.07) is 0. The lowest BCUT2D eigenvalue weighted by Crippen LogP contribution is -2.50. The first-order valence-electron chi connectivity index (χ1n) is 4.79. The van der Waals surface area contributed by atoms with Crippen molar-refractivity contribution in [3.8, 4) is 0 Å². The monoisotopic (exact) mass is 235 g/mol. The molecular weight excluding hydrogens is 218 g/mol. The number of sulfone groups is 1. The Kier molecular flexibility index (Phi) is 3.40. The largest absolute Gasteiger partial charge is 0.380 e. The van der Waals surface area contributed by atoms with Gasteiger partial charge in [-0.05, 0) is 6.92 Å². The van der Waals surface area contributed by atoms with E-state index >= 15 is 0 Å². The van der Waals surface area contributed by atoms with Gasteiger partial charge >= 0.3 is 0 Å². The Hall–Kier alpha value is -0.620. The van der Waals surface area contributed by atoms with Crippen molar-refractivity contribution in [1.82, 2.24) is 5.32 Å². The average Bonchev–Trinajstić information content (AvgIpc) is 2.08. The molecule has 0 aliphatic carbocycles. The van der Waals surface area contributed by atoms with Crippen molar-refractivity contribution in [2.24, 2.45) is 5.41 Å². The molecule has 0 aromatic rings. The Balaban J connectivity index is 2.43. The van der Waals surface area contributed by atoms with Crippen molar-refractivity contribution in [3.63, 3.8) is 0 Å². The van der Waals surface area contributed by atoms with Crippen LogP contribution in [-0.2, 0) is 19.4 Å². The molecule has 1 atom stereocenters. The number of carbonyl (C=O) groups is 1. The van der Waals surface area contributed by atoms with E-state index in [4.69, 9.17) is 4.74 Å². The number of hydrogen-bond acceptors (Lipinski definition) is 4. The third-order valence-corrected chi connectivity index (χ3v) is 4.10. The molecule has 6 heteroatoms. The summed E-state index contributed by atoms with van der Waals surface area (Å²) in [4.78, 5) is 11.4. The highest BCUT2D eigenvalue weighted by molar-refractivity contribution is 7.92. The van der Waals surface area contributed by atoms with Crippen LogP contribution in [0.3, 0.4) is 0 Å². The molecule has 1 heterocycles. The lowest BCUT2D eigenvalue weighted by Gasteiger charge is -2.38. The van der Waals surface area contributed by atoms with Gasteiger partial charge in [0.25, 0.3) is 0 Å². The summed E-state index contributed by atoms with van der Waals surface area (Å²) in [5, 5.41) is 1.65. The van der Waals surface area contributed by atoms with Gasteiger partial charge in [-0.25, -0.2) is 8.42 Å². The minimum atomic E-state index is -3.30. The van der Waals surface area contributed by atoms with Crippen molar-refractivity contribution < 1.29 is 17.9 Å². The topological polar surface area (TPSA) is 72.5 Å². The van der Waals surface area contributed by atoms with Gasteiger partial charge in [-0.1, -0.05) is 6.92 Å². The van der Waals surface area contributed by atoms with Crippen LogP contribution in [0.1, 0.15) is 13.8 Å². The molecule has 1 N–H and O–H groups in total. The van der Waals surface area contributed by atoms with Crippen LogP contribution in [0.2, 0.25) is 0 Å². The number of amides is 1. The van der Waals surface area contributed by atoms with Crippen LogP contribution in [0.4, 0.5) is 0 Å². The van der Waals surface area contributed by atoms with E-state index in [1.807, 2.05) is 6.92 Å². The van der Waals surface area contributed by atoms with Crippen molar-refractivity contribution in [2.45, 2.75) is 19.1 Å². The summed E-state index contributed by atoms with van der Waals surface area (Å²) in [5.74, 6) is -0.439. The molecule has 15 heavy (non-hydrogen) atoms. The SMILES string of the molecule is CC(C(=O)NCC1(C)COC1)S(C)(=O)=O. The molecule has 1 unspecified atom stereocenters. The van der Waals surface area contributed by atoms with Crippen LogP contribution in [0.25, 0.3) is 0 Å². The summed E-state index contributed by atoms with van der Waals surface area (Å²) in [6.45, 7) is 5.07. The molecule has 0 radical (unpaired) electrons. The minimum Gasteiger partial charge on any atom is -0.380 e. The standard InChI is InChI=1S/C9H17NO4S/c1-7(15(3,12)13)8(11)10-4-9(2)5-14-6-9/h7H,4-6H2,1-3H3,(H,10,11). The van der Waals surface area contributed by atoms with Crippen LogP contribution >= 0.6 is 0 Å². The van der Waals surface area contributed by atoms with Crippen molar-refractivity contribution in [1.29, 1.82) is 0 Å². The summed E-state index contributed by atoms with van der Waals surface area (Å²) in [5.41, 5.74) is -0.0348. The molecule has 1 amide bonds. The van der Waals surface area contributed by atoms with Gasteiger partial charge in [-0.15, -0.1) is 0 Å². The van der Waals surface area contributed by atoms with Gasteiger partial charge in [-0.3, -0.25) is 4.79 Å². The van der Waals surface area contributed by atoms with E-state index in [9.17, 15) is 13.2 Å². The Labute approximate surface area is 90.1 Å². The van der Waals surface area contributed by atoms with E-state index in [2.05, 4.69) is 5.32 Å². The summed E-state index contributed by atoms with van der Waals surface area (Å²) < 4.78 is 27.2. The smallest absolute Gasteiger partial charge is 0.238 e. The zero-order valence-electron chi connectivity index (χ0n) is 9.24. The van der Waals surface area contributed by atoms with Gasteiger partial charge < -0.3 is 10.1 Å². The third kappa shape index (κ3) is 3.17. The lowest BCUT2D eigenvalue weighted by atomic mass is 9.89. The molecular formula is C9H17NO4S. The Morgan fingerprint density at radius 3 is 2.40 bits per heavy atom. The molecule has 0 aromatic heterocycles. The number of rotatable bonds is 4. The van der Waals surface area contributed by atoms with E-state index in [0.29, 0.717) is 19.8 Å². The van der Waals surface area contributed by atoms with Crippen molar-refractivity contribution in [2.75, 3.05) is 26.0 Å². The molecule has 1 fully saturated rings. The molecule has 1 saturated heterocycles.